The summed E-state index contributed by atoms with van der Waals surface area (Å²) in [4.78, 5) is 8.45. The van der Waals surface area contributed by atoms with Crippen LogP contribution >= 0.6 is 11.8 Å². The number of aliphatic hydroxyl groups excluding tert-OH is 1. The molecule has 2 heterocycles. The standard InChI is InChI=1S/C11H13N3OS/c1-8(15)9-3-4-12-10(7-9)16-11-13-5-6-14(11)2/h3-8,15H,1-2H3/t8-/m1/s1. The molecule has 0 saturated heterocycles. The Kier molecular flexibility index (Phi) is 3.26. The zero-order valence-corrected chi connectivity index (χ0v) is 9.98. The lowest BCUT2D eigenvalue weighted by Gasteiger charge is -2.06. The molecule has 2 rings (SSSR count). The highest BCUT2D eigenvalue weighted by Crippen LogP contribution is 2.25. The van der Waals surface area contributed by atoms with Crippen molar-refractivity contribution in [2.24, 2.45) is 7.05 Å². The van der Waals surface area contributed by atoms with E-state index < -0.39 is 6.10 Å². The van der Waals surface area contributed by atoms with Crippen LogP contribution in [0.3, 0.4) is 0 Å². The predicted octanol–water partition coefficient (Wildman–Crippen LogP) is 2.02. The van der Waals surface area contributed by atoms with Gasteiger partial charge in [-0.1, -0.05) is 0 Å². The Hall–Kier alpha value is -1.33. The number of pyridine rings is 1. The van der Waals surface area contributed by atoms with Crippen LogP contribution in [0.2, 0.25) is 0 Å². The summed E-state index contributed by atoms with van der Waals surface area (Å²) in [5, 5.41) is 11.2. The third-order valence-electron chi connectivity index (χ3n) is 2.21. The van der Waals surface area contributed by atoms with E-state index >= 15 is 0 Å². The molecule has 0 aliphatic rings. The number of hydrogen-bond acceptors (Lipinski definition) is 4. The van der Waals surface area contributed by atoms with Crippen molar-refractivity contribution in [2.45, 2.75) is 23.2 Å². The Bertz CT molecular complexity index is 482. The second kappa shape index (κ2) is 4.67. The van der Waals surface area contributed by atoms with Gasteiger partial charge in [-0.15, -0.1) is 0 Å². The lowest BCUT2D eigenvalue weighted by Crippen LogP contribution is -1.94. The summed E-state index contributed by atoms with van der Waals surface area (Å²) in [6.45, 7) is 1.74. The highest BCUT2D eigenvalue weighted by Gasteiger charge is 2.06. The summed E-state index contributed by atoms with van der Waals surface area (Å²) >= 11 is 1.48. The lowest BCUT2D eigenvalue weighted by molar-refractivity contribution is 0.199. The van der Waals surface area contributed by atoms with Crippen LogP contribution in [0.1, 0.15) is 18.6 Å². The van der Waals surface area contributed by atoms with Gasteiger partial charge in [-0.2, -0.15) is 0 Å². The number of aryl methyl sites for hydroxylation is 1. The summed E-state index contributed by atoms with van der Waals surface area (Å²) in [5.74, 6) is 0. The van der Waals surface area contributed by atoms with E-state index in [9.17, 15) is 5.11 Å². The average molecular weight is 235 g/mol. The minimum atomic E-state index is -0.469. The molecular formula is C11H13N3OS. The Morgan fingerprint density at radius 1 is 1.38 bits per heavy atom. The largest absolute Gasteiger partial charge is 0.389 e. The maximum absolute atomic E-state index is 9.47. The molecule has 0 radical (unpaired) electrons. The second-order valence-corrected chi connectivity index (χ2v) is 4.51. The molecule has 0 saturated carbocycles. The molecule has 1 atom stereocenters. The van der Waals surface area contributed by atoms with Gasteiger partial charge in [0.1, 0.15) is 5.03 Å². The zero-order chi connectivity index (χ0) is 11.5. The van der Waals surface area contributed by atoms with E-state index in [1.54, 1.807) is 19.3 Å². The molecule has 0 aliphatic heterocycles. The minimum Gasteiger partial charge on any atom is -0.389 e. The first-order valence-electron chi connectivity index (χ1n) is 4.96. The van der Waals surface area contributed by atoms with E-state index in [4.69, 9.17) is 0 Å². The summed E-state index contributed by atoms with van der Waals surface area (Å²) in [6, 6.07) is 3.69. The molecule has 0 bridgehead atoms. The van der Waals surface area contributed by atoms with Crippen LogP contribution in [0, 0.1) is 0 Å². The van der Waals surface area contributed by atoms with Crippen molar-refractivity contribution in [1.29, 1.82) is 0 Å². The zero-order valence-electron chi connectivity index (χ0n) is 9.16. The van der Waals surface area contributed by atoms with E-state index in [1.165, 1.54) is 11.8 Å². The van der Waals surface area contributed by atoms with Crippen molar-refractivity contribution in [3.8, 4) is 0 Å². The van der Waals surface area contributed by atoms with Crippen LogP contribution in [-0.2, 0) is 7.05 Å². The number of aromatic nitrogens is 3. The second-order valence-electron chi connectivity index (χ2n) is 3.53. The van der Waals surface area contributed by atoms with Crippen molar-refractivity contribution >= 4 is 11.8 Å². The van der Waals surface area contributed by atoms with E-state index in [-0.39, 0.29) is 0 Å². The van der Waals surface area contributed by atoms with Crippen molar-refractivity contribution in [1.82, 2.24) is 14.5 Å². The molecule has 5 heteroatoms. The Morgan fingerprint density at radius 3 is 2.81 bits per heavy atom. The van der Waals surface area contributed by atoms with Gasteiger partial charge >= 0.3 is 0 Å². The van der Waals surface area contributed by atoms with Crippen molar-refractivity contribution in [3.63, 3.8) is 0 Å². The normalized spacial score (nSPS) is 12.7. The quantitative estimate of drug-likeness (QED) is 0.884. The molecule has 2 aromatic heterocycles. The first-order chi connectivity index (χ1) is 7.66. The molecule has 0 amide bonds. The van der Waals surface area contributed by atoms with Gasteiger partial charge in [-0.25, -0.2) is 9.97 Å². The van der Waals surface area contributed by atoms with E-state index in [1.807, 2.05) is 29.9 Å². The summed E-state index contributed by atoms with van der Waals surface area (Å²) < 4.78 is 1.93. The number of imidazole rings is 1. The third-order valence-corrected chi connectivity index (χ3v) is 3.22. The molecule has 1 N–H and O–H groups in total. The fraction of sp³-hybridized carbons (Fsp3) is 0.273. The maximum Gasteiger partial charge on any atom is 0.174 e. The topological polar surface area (TPSA) is 50.9 Å². The van der Waals surface area contributed by atoms with Gasteiger partial charge in [0.25, 0.3) is 0 Å². The highest BCUT2D eigenvalue weighted by atomic mass is 32.2. The first-order valence-corrected chi connectivity index (χ1v) is 5.77. The smallest absolute Gasteiger partial charge is 0.174 e. The molecule has 0 unspecified atom stereocenters. The molecule has 84 valence electrons. The molecule has 2 aromatic rings. The van der Waals surface area contributed by atoms with Gasteiger partial charge in [0, 0.05) is 25.6 Å². The van der Waals surface area contributed by atoms with Crippen LogP contribution in [0.4, 0.5) is 0 Å². The molecule has 4 nitrogen and oxygen atoms in total. The SMILES string of the molecule is C[C@@H](O)c1ccnc(Sc2nccn2C)c1. The van der Waals surface area contributed by atoms with Gasteiger partial charge in [-0.05, 0) is 36.4 Å². The van der Waals surface area contributed by atoms with Crippen LogP contribution in [-0.4, -0.2) is 19.6 Å². The van der Waals surface area contributed by atoms with Gasteiger partial charge in [-0.3, -0.25) is 0 Å². The maximum atomic E-state index is 9.47. The number of aliphatic hydroxyl groups is 1. The van der Waals surface area contributed by atoms with Crippen LogP contribution < -0.4 is 0 Å². The van der Waals surface area contributed by atoms with Crippen molar-refractivity contribution in [3.05, 3.63) is 36.3 Å². The van der Waals surface area contributed by atoms with Crippen LogP contribution in [0.25, 0.3) is 0 Å². The van der Waals surface area contributed by atoms with E-state index in [0.717, 1.165) is 15.7 Å². The molecule has 16 heavy (non-hydrogen) atoms. The summed E-state index contributed by atoms with van der Waals surface area (Å²) in [7, 11) is 1.94. The Labute approximate surface area is 98.4 Å². The number of hydrogen-bond donors (Lipinski definition) is 1. The monoisotopic (exact) mass is 235 g/mol. The Morgan fingerprint density at radius 2 is 2.19 bits per heavy atom. The predicted molar refractivity (Wildman–Crippen MR) is 62.2 cm³/mol. The van der Waals surface area contributed by atoms with E-state index in [0.29, 0.717) is 0 Å². The highest BCUT2D eigenvalue weighted by molar-refractivity contribution is 7.99. The van der Waals surface area contributed by atoms with E-state index in [2.05, 4.69) is 9.97 Å². The molecule has 0 aromatic carbocycles. The lowest BCUT2D eigenvalue weighted by atomic mass is 10.2. The fourth-order valence-electron chi connectivity index (χ4n) is 1.28. The van der Waals surface area contributed by atoms with Crippen LogP contribution in [0.15, 0.2) is 40.9 Å². The van der Waals surface area contributed by atoms with Gasteiger partial charge in [0.2, 0.25) is 0 Å². The average Bonchev–Trinajstić information content (AvgIpc) is 2.65. The molecule has 0 aliphatic carbocycles. The van der Waals surface area contributed by atoms with Gasteiger partial charge in [0.15, 0.2) is 5.16 Å². The summed E-state index contributed by atoms with van der Waals surface area (Å²) in [6.07, 6.45) is 4.87. The van der Waals surface area contributed by atoms with Gasteiger partial charge in [0.05, 0.1) is 6.10 Å². The van der Waals surface area contributed by atoms with Crippen molar-refractivity contribution < 1.29 is 5.11 Å². The molecule has 0 fully saturated rings. The number of rotatable bonds is 3. The summed E-state index contributed by atoms with van der Waals surface area (Å²) in [5.41, 5.74) is 0.867. The first kappa shape index (κ1) is 11.2. The number of nitrogens with zero attached hydrogens (tertiary/aromatic N) is 3. The Balaban J connectivity index is 2.22. The van der Waals surface area contributed by atoms with Crippen molar-refractivity contribution in [2.75, 3.05) is 0 Å². The molecule has 0 spiro atoms. The van der Waals surface area contributed by atoms with Crippen LogP contribution in [0.5, 0.6) is 0 Å². The van der Waals surface area contributed by atoms with Gasteiger partial charge < -0.3 is 9.67 Å². The fourth-order valence-corrected chi connectivity index (χ4v) is 2.10. The third kappa shape index (κ3) is 2.43. The minimum absolute atomic E-state index is 0.469. The molecular weight excluding hydrogens is 222 g/mol.